The predicted molar refractivity (Wildman–Crippen MR) is 159 cm³/mol. The molecule has 6 unspecified atom stereocenters. The highest BCUT2D eigenvalue weighted by atomic mass is 16.4. The summed E-state index contributed by atoms with van der Waals surface area (Å²) in [5.74, 6) is 4.66. The molecule has 0 aliphatic heterocycles. The highest BCUT2D eigenvalue weighted by molar-refractivity contribution is 5.19. The van der Waals surface area contributed by atoms with Crippen LogP contribution in [-0.4, -0.2) is 40.2 Å². The Bertz CT molecular complexity index is 891. The molecule has 0 saturated heterocycles. The molecule has 0 radical (unpaired) electrons. The second-order valence-corrected chi connectivity index (χ2v) is 17.3. The van der Waals surface area contributed by atoms with E-state index in [1.165, 1.54) is 70.6 Å². The standard InChI is InChI=1S/C35H63NO3/c1-22(9-10-25(37)30(39)26(38)21-36)23-13-18-32(4)24(23)14-19-34(6)28(32)11-12-29-33(5)17-8-16-31(2,3)27(33)15-20-35(29,34)7/h22-30,37-39H,8-21,36H2,1-7H3/p+1/t22?,23?,24?,25-,26+,27?,28?,29?,30-,32+,33+,34-,35-/m1/s1. The van der Waals surface area contributed by atoms with E-state index in [1.54, 1.807) is 0 Å². The number of quaternary nitrogens is 1. The van der Waals surface area contributed by atoms with Gasteiger partial charge in [0.05, 0.1) is 6.10 Å². The predicted octanol–water partition coefficient (Wildman–Crippen LogP) is 6.22. The lowest BCUT2D eigenvalue weighted by Crippen LogP contribution is -2.65. The molecule has 13 atom stereocenters. The van der Waals surface area contributed by atoms with E-state index >= 15 is 0 Å². The van der Waals surface area contributed by atoms with Crippen LogP contribution in [0.25, 0.3) is 0 Å². The Kier molecular flexibility index (Phi) is 7.95. The summed E-state index contributed by atoms with van der Waals surface area (Å²) in [7, 11) is 0. The number of aliphatic hydroxyl groups is 3. The first kappa shape index (κ1) is 30.3. The van der Waals surface area contributed by atoms with Crippen molar-refractivity contribution in [3.05, 3.63) is 0 Å². The molecule has 0 aromatic heterocycles. The van der Waals surface area contributed by atoms with Crippen LogP contribution in [0.4, 0.5) is 0 Å². The molecule has 6 N–H and O–H groups in total. The maximum absolute atomic E-state index is 10.5. The molecule has 5 saturated carbocycles. The summed E-state index contributed by atoms with van der Waals surface area (Å²) in [4.78, 5) is 0. The van der Waals surface area contributed by atoms with Gasteiger partial charge >= 0.3 is 0 Å². The van der Waals surface area contributed by atoms with Crippen LogP contribution >= 0.6 is 0 Å². The lowest BCUT2D eigenvalue weighted by molar-refractivity contribution is -0.390. The van der Waals surface area contributed by atoms with E-state index < -0.39 is 18.3 Å². The molecule has 0 bridgehead atoms. The van der Waals surface area contributed by atoms with Gasteiger partial charge in [0, 0.05) is 0 Å². The normalized spacial score (nSPS) is 50.1. The van der Waals surface area contributed by atoms with Gasteiger partial charge in [-0.25, -0.2) is 0 Å². The number of fused-ring (bicyclic) bond motifs is 7. The molecule has 4 heteroatoms. The van der Waals surface area contributed by atoms with Gasteiger partial charge in [-0.2, -0.15) is 0 Å². The lowest BCUT2D eigenvalue weighted by Gasteiger charge is -2.73. The number of hydrogen-bond donors (Lipinski definition) is 4. The van der Waals surface area contributed by atoms with Gasteiger partial charge in [-0.05, 0) is 140 Å². The second kappa shape index (κ2) is 10.2. The van der Waals surface area contributed by atoms with Crippen LogP contribution < -0.4 is 5.73 Å². The SMILES string of the molecule is CC(CC[C@@H](O)[C@@H](O)[C@@H](O)C[NH3+])C1CC[C@@]2(C)C1CC[C@]1(C)C2CCC2[C@@]3(C)CCCC(C)(C)C3CC[C@]21C. The average Bonchev–Trinajstić information content (AvgIpc) is 3.23. The van der Waals surface area contributed by atoms with Crippen LogP contribution in [0.5, 0.6) is 0 Å². The van der Waals surface area contributed by atoms with Crippen LogP contribution in [0.3, 0.4) is 0 Å². The topological polar surface area (TPSA) is 88.3 Å². The molecule has 5 fully saturated rings. The quantitative estimate of drug-likeness (QED) is 0.306. The Labute approximate surface area is 240 Å². The maximum Gasteiger partial charge on any atom is 0.131 e. The van der Waals surface area contributed by atoms with Crippen LogP contribution in [0.1, 0.15) is 132 Å². The summed E-state index contributed by atoms with van der Waals surface area (Å²) in [6.45, 7) is 18.7. The fourth-order valence-corrected chi connectivity index (χ4v) is 13.3. The monoisotopic (exact) mass is 546 g/mol. The summed E-state index contributed by atoms with van der Waals surface area (Å²) < 4.78 is 0. The third-order valence-electron chi connectivity index (χ3n) is 15.5. The van der Waals surface area contributed by atoms with E-state index in [2.05, 4.69) is 54.2 Å². The van der Waals surface area contributed by atoms with Crippen molar-refractivity contribution >= 4 is 0 Å². The molecule has 5 rings (SSSR count). The van der Waals surface area contributed by atoms with Crippen LogP contribution in [-0.2, 0) is 0 Å². The Morgan fingerprint density at radius 2 is 1.28 bits per heavy atom. The van der Waals surface area contributed by atoms with Gasteiger partial charge in [0.1, 0.15) is 18.8 Å². The van der Waals surface area contributed by atoms with Gasteiger partial charge in [0.15, 0.2) is 0 Å². The summed E-state index contributed by atoms with van der Waals surface area (Å²) in [5.41, 5.74) is 6.03. The van der Waals surface area contributed by atoms with Gasteiger partial charge in [-0.15, -0.1) is 0 Å². The van der Waals surface area contributed by atoms with Crippen molar-refractivity contribution in [2.75, 3.05) is 6.54 Å². The van der Waals surface area contributed by atoms with E-state index in [0.29, 0.717) is 39.4 Å². The number of hydrogen-bond acceptors (Lipinski definition) is 3. The fraction of sp³-hybridized carbons (Fsp3) is 1.00. The summed E-state index contributed by atoms with van der Waals surface area (Å²) in [5, 5.41) is 30.7. The molecule has 0 spiro atoms. The fourth-order valence-electron chi connectivity index (χ4n) is 13.3. The Morgan fingerprint density at radius 1 is 0.667 bits per heavy atom. The number of aliphatic hydroxyl groups excluding tert-OH is 3. The molecule has 5 aliphatic carbocycles. The largest absolute Gasteiger partial charge is 0.390 e. The third-order valence-corrected chi connectivity index (χ3v) is 15.5. The molecule has 0 amide bonds. The average molecular weight is 547 g/mol. The van der Waals surface area contributed by atoms with E-state index in [0.717, 1.165) is 36.0 Å². The van der Waals surface area contributed by atoms with Crippen LogP contribution in [0, 0.1) is 62.6 Å². The van der Waals surface area contributed by atoms with Gasteiger partial charge in [-0.3, -0.25) is 0 Å². The molecule has 0 aromatic rings. The zero-order valence-corrected chi connectivity index (χ0v) is 26.6. The molecule has 0 aromatic carbocycles. The van der Waals surface area contributed by atoms with E-state index in [1.807, 2.05) is 0 Å². The van der Waals surface area contributed by atoms with Crippen molar-refractivity contribution in [1.82, 2.24) is 0 Å². The Morgan fingerprint density at radius 3 is 1.92 bits per heavy atom. The maximum atomic E-state index is 10.5. The van der Waals surface area contributed by atoms with Crippen molar-refractivity contribution < 1.29 is 21.1 Å². The third kappa shape index (κ3) is 4.42. The highest BCUT2D eigenvalue weighted by Crippen LogP contribution is 2.78. The van der Waals surface area contributed by atoms with Crippen LogP contribution in [0.15, 0.2) is 0 Å². The highest BCUT2D eigenvalue weighted by Gasteiger charge is 2.70. The summed E-state index contributed by atoms with van der Waals surface area (Å²) in [6.07, 6.45) is 14.1. The first-order valence-electron chi connectivity index (χ1n) is 17.0. The van der Waals surface area contributed by atoms with Crippen LogP contribution in [0.2, 0.25) is 0 Å². The van der Waals surface area contributed by atoms with Crippen molar-refractivity contribution in [1.29, 1.82) is 0 Å². The van der Waals surface area contributed by atoms with Crippen molar-refractivity contribution in [3.63, 3.8) is 0 Å². The second-order valence-electron chi connectivity index (χ2n) is 17.3. The van der Waals surface area contributed by atoms with E-state index in [-0.39, 0.29) is 6.54 Å². The zero-order chi connectivity index (χ0) is 28.6. The van der Waals surface area contributed by atoms with Crippen molar-refractivity contribution in [2.45, 2.75) is 150 Å². The smallest absolute Gasteiger partial charge is 0.131 e. The molecule has 4 nitrogen and oxygen atoms in total. The Hall–Kier alpha value is -0.160. The van der Waals surface area contributed by atoms with Crippen molar-refractivity contribution in [2.24, 2.45) is 62.6 Å². The minimum absolute atomic E-state index is 0.230. The molecular formula is C35H64NO3+. The molecule has 0 heterocycles. The first-order chi connectivity index (χ1) is 18.2. The van der Waals surface area contributed by atoms with Gasteiger partial charge in [-0.1, -0.05) is 54.9 Å². The minimum Gasteiger partial charge on any atom is -0.390 e. The Balaban J connectivity index is 1.33. The minimum atomic E-state index is -1.08. The summed E-state index contributed by atoms with van der Waals surface area (Å²) in [6, 6.07) is 0. The summed E-state index contributed by atoms with van der Waals surface area (Å²) >= 11 is 0. The van der Waals surface area contributed by atoms with E-state index in [4.69, 9.17) is 0 Å². The van der Waals surface area contributed by atoms with Gasteiger partial charge in [0.2, 0.25) is 0 Å². The van der Waals surface area contributed by atoms with Gasteiger partial charge in [0.25, 0.3) is 0 Å². The number of rotatable bonds is 7. The molecule has 5 aliphatic rings. The zero-order valence-electron chi connectivity index (χ0n) is 26.6. The van der Waals surface area contributed by atoms with Gasteiger partial charge < -0.3 is 21.1 Å². The van der Waals surface area contributed by atoms with Crippen molar-refractivity contribution in [3.8, 4) is 0 Å². The lowest BCUT2D eigenvalue weighted by atomic mass is 9.32. The molecule has 39 heavy (non-hydrogen) atoms. The van der Waals surface area contributed by atoms with E-state index in [9.17, 15) is 15.3 Å². The molecule has 226 valence electrons. The first-order valence-corrected chi connectivity index (χ1v) is 17.0. The molecular weight excluding hydrogens is 482 g/mol.